The first-order valence-electron chi connectivity index (χ1n) is 14.7. The summed E-state index contributed by atoms with van der Waals surface area (Å²) < 4.78 is 61.4. The van der Waals surface area contributed by atoms with Gasteiger partial charge in [0.05, 0.1) is 36.2 Å². The Morgan fingerprint density at radius 1 is 1.07 bits per heavy atom. The number of aliphatic hydroxyl groups is 1. The maximum Gasteiger partial charge on any atom is 0.407 e. The topological polar surface area (TPSA) is 179 Å². The zero-order chi connectivity index (χ0) is 32.1. The third kappa shape index (κ3) is 8.16. The van der Waals surface area contributed by atoms with E-state index >= 15 is 0 Å². The third-order valence-electron chi connectivity index (χ3n) is 7.69. The highest BCUT2D eigenvalue weighted by Gasteiger charge is 2.44. The molecule has 2 saturated heterocycles. The molecule has 45 heavy (non-hydrogen) atoms. The molecule has 5 rings (SSSR count). The summed E-state index contributed by atoms with van der Waals surface area (Å²) >= 11 is 0. The van der Waals surface area contributed by atoms with E-state index in [1.54, 1.807) is 24.3 Å². The lowest BCUT2D eigenvalue weighted by atomic mass is 10.0. The number of carbonyl (C=O) groups excluding carboxylic acids is 1. The standard InChI is InChI=1S/C30H38N2O12S/c1-18(2)13-32(45(37,38)21-7-8-25-26(12-21)43-17-42-25)14-24(33)23(11-19-3-5-20(6-4-19)40-16-28(34)35)31-30(36)44-27-15-41-29-22(27)9-10-39-29/h3-8,12,18,22-24,27,29,33H,9-11,13-17H2,1-2H3,(H,31,36)(H,34,35). The Bertz CT molecular complexity index is 1450. The lowest BCUT2D eigenvalue weighted by Crippen LogP contribution is -2.51. The Balaban J connectivity index is 1.34. The largest absolute Gasteiger partial charge is 0.482 e. The van der Waals surface area contributed by atoms with Crippen molar-refractivity contribution in [2.75, 3.05) is 39.7 Å². The second-order valence-electron chi connectivity index (χ2n) is 11.5. The molecule has 0 aliphatic carbocycles. The summed E-state index contributed by atoms with van der Waals surface area (Å²) in [5.74, 6) is -0.210. The Hall–Kier alpha value is -3.63. The van der Waals surface area contributed by atoms with Crippen LogP contribution >= 0.6 is 0 Å². The van der Waals surface area contributed by atoms with Gasteiger partial charge in [0, 0.05) is 19.2 Å². The summed E-state index contributed by atoms with van der Waals surface area (Å²) in [6, 6.07) is 9.86. The average molecular weight is 651 g/mol. The van der Waals surface area contributed by atoms with E-state index in [1.807, 2.05) is 13.8 Å². The summed E-state index contributed by atoms with van der Waals surface area (Å²) in [7, 11) is -4.10. The van der Waals surface area contributed by atoms with E-state index in [1.165, 1.54) is 22.5 Å². The van der Waals surface area contributed by atoms with Gasteiger partial charge in [-0.25, -0.2) is 18.0 Å². The van der Waals surface area contributed by atoms with Crippen LogP contribution < -0.4 is 19.5 Å². The fourth-order valence-corrected chi connectivity index (χ4v) is 7.11. The van der Waals surface area contributed by atoms with Crippen molar-refractivity contribution in [2.45, 2.75) is 56.1 Å². The van der Waals surface area contributed by atoms with E-state index in [2.05, 4.69) is 5.32 Å². The minimum absolute atomic E-state index is 0.00915. The van der Waals surface area contributed by atoms with Crippen LogP contribution in [0.3, 0.4) is 0 Å². The first kappa shape index (κ1) is 32.8. The molecular weight excluding hydrogens is 612 g/mol. The molecule has 2 fully saturated rings. The molecule has 2 aromatic rings. The quantitative estimate of drug-likeness (QED) is 0.271. The number of carbonyl (C=O) groups is 2. The van der Waals surface area contributed by atoms with Gasteiger partial charge in [-0.3, -0.25) is 0 Å². The van der Waals surface area contributed by atoms with Crippen LogP contribution in [-0.4, -0.2) is 99.2 Å². The SMILES string of the molecule is CC(C)CN(CC(O)C(Cc1ccc(OCC(=O)O)cc1)NC(=O)OC1COC2OCCC12)S(=O)(=O)c1ccc2c(c1)OCO2. The zero-order valence-electron chi connectivity index (χ0n) is 25.0. The highest BCUT2D eigenvalue weighted by molar-refractivity contribution is 7.89. The van der Waals surface area contributed by atoms with Crippen molar-refractivity contribution in [1.29, 1.82) is 0 Å². The maximum atomic E-state index is 13.8. The van der Waals surface area contributed by atoms with E-state index in [4.69, 9.17) is 33.5 Å². The number of aliphatic carboxylic acids is 1. The van der Waals surface area contributed by atoms with E-state index in [9.17, 15) is 23.1 Å². The molecule has 0 bridgehead atoms. The van der Waals surface area contributed by atoms with Crippen LogP contribution in [-0.2, 0) is 35.4 Å². The number of aliphatic hydroxyl groups excluding tert-OH is 1. The van der Waals surface area contributed by atoms with Gasteiger partial charge in [-0.1, -0.05) is 26.0 Å². The first-order valence-corrected chi connectivity index (χ1v) is 16.2. The van der Waals surface area contributed by atoms with Crippen molar-refractivity contribution in [3.05, 3.63) is 48.0 Å². The minimum Gasteiger partial charge on any atom is -0.482 e. The maximum absolute atomic E-state index is 13.8. The van der Waals surface area contributed by atoms with E-state index in [0.717, 1.165) is 0 Å². The molecule has 3 aliphatic heterocycles. The molecule has 1 amide bonds. The number of carboxylic acid groups (broad SMARTS) is 1. The van der Waals surface area contributed by atoms with E-state index in [-0.39, 0.29) is 49.6 Å². The Labute approximate surface area is 261 Å². The molecule has 0 radical (unpaired) electrons. The number of hydrogen-bond acceptors (Lipinski definition) is 11. The second-order valence-corrected chi connectivity index (χ2v) is 13.5. The van der Waals surface area contributed by atoms with Gasteiger partial charge >= 0.3 is 12.1 Å². The third-order valence-corrected chi connectivity index (χ3v) is 9.52. The number of sulfonamides is 1. The lowest BCUT2D eigenvalue weighted by molar-refractivity contribution is -0.139. The van der Waals surface area contributed by atoms with Crippen LogP contribution in [0.1, 0.15) is 25.8 Å². The lowest BCUT2D eigenvalue weighted by Gasteiger charge is -2.31. The van der Waals surface area contributed by atoms with Crippen LogP contribution in [0.2, 0.25) is 0 Å². The number of ether oxygens (including phenoxy) is 6. The molecule has 5 atom stereocenters. The van der Waals surface area contributed by atoms with Crippen molar-refractivity contribution < 1.29 is 56.6 Å². The van der Waals surface area contributed by atoms with Gasteiger partial charge in [0.15, 0.2) is 24.4 Å². The highest BCUT2D eigenvalue weighted by Crippen LogP contribution is 2.35. The van der Waals surface area contributed by atoms with Crippen molar-refractivity contribution >= 4 is 22.1 Å². The summed E-state index contributed by atoms with van der Waals surface area (Å²) in [6.07, 6.45) is -2.29. The van der Waals surface area contributed by atoms with Crippen molar-refractivity contribution in [3.63, 3.8) is 0 Å². The van der Waals surface area contributed by atoms with Gasteiger partial charge in [-0.2, -0.15) is 4.31 Å². The van der Waals surface area contributed by atoms with Gasteiger partial charge in [0.25, 0.3) is 0 Å². The zero-order valence-corrected chi connectivity index (χ0v) is 25.8. The number of carboxylic acids is 1. The van der Waals surface area contributed by atoms with E-state index in [0.29, 0.717) is 35.8 Å². The molecule has 3 N–H and O–H groups in total. The van der Waals surface area contributed by atoms with Crippen molar-refractivity contribution in [2.24, 2.45) is 11.8 Å². The molecule has 5 unspecified atom stereocenters. The van der Waals surface area contributed by atoms with Gasteiger partial charge in [0.1, 0.15) is 11.9 Å². The van der Waals surface area contributed by atoms with Crippen LogP contribution in [0.15, 0.2) is 47.4 Å². The molecule has 15 heteroatoms. The number of alkyl carbamates (subject to hydrolysis) is 1. The number of amides is 1. The van der Waals surface area contributed by atoms with Crippen LogP contribution in [0.4, 0.5) is 4.79 Å². The van der Waals surface area contributed by atoms with Gasteiger partial charge < -0.3 is 44.0 Å². The Morgan fingerprint density at radius 3 is 2.56 bits per heavy atom. The monoisotopic (exact) mass is 650 g/mol. The number of rotatable bonds is 14. The van der Waals surface area contributed by atoms with Crippen molar-refractivity contribution in [3.8, 4) is 17.2 Å². The van der Waals surface area contributed by atoms with Crippen molar-refractivity contribution in [1.82, 2.24) is 9.62 Å². The number of nitrogens with one attached hydrogen (secondary N) is 1. The second kappa shape index (κ2) is 14.2. The van der Waals surface area contributed by atoms with Crippen LogP contribution in [0.25, 0.3) is 0 Å². The summed E-state index contributed by atoms with van der Waals surface area (Å²) in [6.45, 7) is 3.67. The predicted molar refractivity (Wildman–Crippen MR) is 156 cm³/mol. The summed E-state index contributed by atoms with van der Waals surface area (Å²) in [5, 5.41) is 23.1. The van der Waals surface area contributed by atoms with Crippen LogP contribution in [0.5, 0.6) is 17.2 Å². The molecular formula is C30H38N2O12S. The molecule has 246 valence electrons. The predicted octanol–water partition coefficient (Wildman–Crippen LogP) is 1.99. The molecule has 14 nitrogen and oxygen atoms in total. The normalized spacial score (nSPS) is 21.8. The molecule has 0 spiro atoms. The number of fused-ring (bicyclic) bond motifs is 2. The molecule has 0 aromatic heterocycles. The number of benzene rings is 2. The fraction of sp³-hybridized carbons (Fsp3) is 0.533. The summed E-state index contributed by atoms with van der Waals surface area (Å²) in [4.78, 5) is 23.9. The Morgan fingerprint density at radius 2 is 1.82 bits per heavy atom. The van der Waals surface area contributed by atoms with Gasteiger partial charge in [-0.05, 0) is 48.6 Å². The molecule has 3 heterocycles. The van der Waals surface area contributed by atoms with E-state index < -0.39 is 53.2 Å². The van der Waals surface area contributed by atoms with Crippen LogP contribution in [0, 0.1) is 11.8 Å². The first-order chi connectivity index (χ1) is 21.5. The number of hydrogen-bond donors (Lipinski definition) is 3. The fourth-order valence-electron chi connectivity index (χ4n) is 5.47. The minimum atomic E-state index is -4.10. The molecule has 0 saturated carbocycles. The summed E-state index contributed by atoms with van der Waals surface area (Å²) in [5.41, 5.74) is 0.671. The molecule has 3 aliphatic rings. The molecule has 2 aromatic carbocycles. The highest BCUT2D eigenvalue weighted by atomic mass is 32.2. The van der Waals surface area contributed by atoms with Gasteiger partial charge in [0.2, 0.25) is 16.8 Å². The number of nitrogens with zero attached hydrogens (tertiary/aromatic N) is 1. The average Bonchev–Trinajstić information content (AvgIpc) is 3.74. The Kier molecular flexibility index (Phi) is 10.3. The smallest absolute Gasteiger partial charge is 0.407 e. The van der Waals surface area contributed by atoms with Gasteiger partial charge in [-0.15, -0.1) is 0 Å².